The van der Waals surface area contributed by atoms with E-state index in [1.807, 2.05) is 6.07 Å². The molecule has 2 rings (SSSR count). The van der Waals surface area contributed by atoms with E-state index >= 15 is 0 Å². The maximum absolute atomic E-state index is 12.4. The highest BCUT2D eigenvalue weighted by Crippen LogP contribution is 2.19. The lowest BCUT2D eigenvalue weighted by molar-refractivity contribution is -0.117. The molecule has 1 amide bonds. The zero-order valence-corrected chi connectivity index (χ0v) is 15.3. The summed E-state index contributed by atoms with van der Waals surface area (Å²) in [5.74, 6) is -0.310. The van der Waals surface area contributed by atoms with Crippen molar-refractivity contribution in [1.82, 2.24) is 9.88 Å². The minimum Gasteiger partial charge on any atom is -0.380 e. The van der Waals surface area contributed by atoms with Crippen molar-refractivity contribution in [2.45, 2.75) is 38.3 Å². The van der Waals surface area contributed by atoms with Crippen LogP contribution in [0, 0.1) is 13.8 Å². The molecule has 2 aromatic rings. The molecule has 0 unspecified atom stereocenters. The van der Waals surface area contributed by atoms with Crippen molar-refractivity contribution in [1.29, 1.82) is 0 Å². The number of aromatic nitrogens is 1. The summed E-state index contributed by atoms with van der Waals surface area (Å²) in [7, 11) is -2.34. The third-order valence-corrected chi connectivity index (χ3v) is 5.25. The molecular weight excluding hydrogens is 346 g/mol. The monoisotopic (exact) mass is 367 g/mol. The Hall–Kier alpha value is -2.23. The van der Waals surface area contributed by atoms with Gasteiger partial charge in [0.25, 0.3) is 0 Å². The second-order valence-electron chi connectivity index (χ2n) is 5.62. The minimum absolute atomic E-state index is 0.0470. The molecule has 0 saturated carbocycles. The molecule has 8 nitrogen and oxygen atoms in total. The third kappa shape index (κ3) is 4.65. The molecule has 2 N–H and O–H groups in total. The lowest BCUT2D eigenvalue weighted by Gasteiger charge is -2.14. The summed E-state index contributed by atoms with van der Waals surface area (Å²) in [5.41, 5.74) is 1.69. The van der Waals surface area contributed by atoms with Crippen molar-refractivity contribution in [3.8, 4) is 0 Å². The highest BCUT2D eigenvalue weighted by Gasteiger charge is 2.28. The molecule has 0 fully saturated rings. The van der Waals surface area contributed by atoms with E-state index in [1.165, 1.54) is 20.8 Å². The summed E-state index contributed by atoms with van der Waals surface area (Å²) in [6.07, 6.45) is 0. The van der Waals surface area contributed by atoms with Crippen LogP contribution in [0.3, 0.4) is 0 Å². The van der Waals surface area contributed by atoms with E-state index in [0.29, 0.717) is 12.3 Å². The Labute approximate surface area is 146 Å². The first-order valence-corrected chi connectivity index (χ1v) is 9.07. The molecule has 1 atom stereocenters. The number of nitrogens with zero attached hydrogens (tertiary/aromatic N) is 1. The lowest BCUT2D eigenvalue weighted by atomic mass is 10.2. The molecule has 0 spiro atoms. The molecule has 0 aliphatic rings. The van der Waals surface area contributed by atoms with Crippen LogP contribution in [0.4, 0.5) is 5.69 Å². The van der Waals surface area contributed by atoms with E-state index in [4.69, 9.17) is 9.26 Å². The van der Waals surface area contributed by atoms with Crippen LogP contribution in [0.5, 0.6) is 0 Å². The highest BCUT2D eigenvalue weighted by molar-refractivity contribution is 7.89. The molecular formula is C16H21N3O5S. The average Bonchev–Trinajstić information content (AvgIpc) is 2.87. The zero-order valence-electron chi connectivity index (χ0n) is 14.5. The average molecular weight is 367 g/mol. The van der Waals surface area contributed by atoms with Crippen molar-refractivity contribution in [3.05, 3.63) is 41.3 Å². The van der Waals surface area contributed by atoms with Gasteiger partial charge >= 0.3 is 0 Å². The van der Waals surface area contributed by atoms with Gasteiger partial charge in [-0.05, 0) is 38.5 Å². The van der Waals surface area contributed by atoms with Crippen molar-refractivity contribution in [2.24, 2.45) is 0 Å². The van der Waals surface area contributed by atoms with Crippen LogP contribution in [0.25, 0.3) is 0 Å². The van der Waals surface area contributed by atoms with Gasteiger partial charge in [-0.25, -0.2) is 8.42 Å². The summed E-state index contributed by atoms with van der Waals surface area (Å²) in [6.45, 7) is 4.90. The standard InChI is InChI=1S/C16H21N3O5S/c1-10-15(12(3)24-18-10)25(21,22)19-11(2)16(20)17-14-7-5-6-13(8-14)9-23-4/h5-8,11,19H,9H2,1-4H3,(H,17,20)/t11-/m0/s1. The van der Waals surface area contributed by atoms with Crippen molar-refractivity contribution >= 4 is 21.6 Å². The van der Waals surface area contributed by atoms with Gasteiger partial charge in [0, 0.05) is 12.8 Å². The van der Waals surface area contributed by atoms with Gasteiger partial charge in [0.05, 0.1) is 12.6 Å². The number of nitrogens with one attached hydrogen (secondary N) is 2. The second kappa shape index (κ2) is 7.77. The van der Waals surface area contributed by atoms with E-state index in [2.05, 4.69) is 15.2 Å². The summed E-state index contributed by atoms with van der Waals surface area (Å²) in [4.78, 5) is 12.2. The van der Waals surface area contributed by atoms with Crippen LogP contribution < -0.4 is 10.0 Å². The molecule has 0 aliphatic carbocycles. The Morgan fingerprint density at radius 1 is 1.36 bits per heavy atom. The molecule has 1 heterocycles. The van der Waals surface area contributed by atoms with Crippen LogP contribution in [0.2, 0.25) is 0 Å². The van der Waals surface area contributed by atoms with E-state index in [-0.39, 0.29) is 16.3 Å². The Morgan fingerprint density at radius 3 is 2.68 bits per heavy atom. The maximum Gasteiger partial charge on any atom is 0.246 e. The first kappa shape index (κ1) is 19.1. The van der Waals surface area contributed by atoms with Gasteiger partial charge in [-0.3, -0.25) is 4.79 Å². The van der Waals surface area contributed by atoms with E-state index in [1.54, 1.807) is 25.3 Å². The number of carbonyl (C=O) groups is 1. The largest absolute Gasteiger partial charge is 0.380 e. The molecule has 25 heavy (non-hydrogen) atoms. The van der Waals surface area contributed by atoms with Gasteiger partial charge in [-0.1, -0.05) is 17.3 Å². The maximum atomic E-state index is 12.4. The van der Waals surface area contributed by atoms with Gasteiger partial charge in [-0.15, -0.1) is 0 Å². The van der Waals surface area contributed by atoms with Crippen molar-refractivity contribution < 1.29 is 22.5 Å². The fourth-order valence-corrected chi connectivity index (χ4v) is 3.89. The van der Waals surface area contributed by atoms with E-state index < -0.39 is 22.0 Å². The predicted molar refractivity (Wildman–Crippen MR) is 91.5 cm³/mol. The number of benzene rings is 1. The van der Waals surface area contributed by atoms with Gasteiger partial charge < -0.3 is 14.6 Å². The van der Waals surface area contributed by atoms with Crippen LogP contribution in [0.1, 0.15) is 23.9 Å². The topological polar surface area (TPSA) is 111 Å². The zero-order chi connectivity index (χ0) is 18.6. The summed E-state index contributed by atoms with van der Waals surface area (Å²) < 4.78 is 37.1. The summed E-state index contributed by atoms with van der Waals surface area (Å²) in [6, 6.07) is 6.14. The molecule has 0 radical (unpaired) electrons. The number of amides is 1. The SMILES string of the molecule is COCc1cccc(NC(=O)[C@H](C)NS(=O)(=O)c2c(C)noc2C)c1. The van der Waals surface area contributed by atoms with Gasteiger partial charge in [-0.2, -0.15) is 4.72 Å². The second-order valence-corrected chi connectivity index (χ2v) is 7.27. The van der Waals surface area contributed by atoms with Crippen LogP contribution >= 0.6 is 0 Å². The molecule has 1 aromatic heterocycles. The van der Waals surface area contributed by atoms with Crippen LogP contribution in [0.15, 0.2) is 33.7 Å². The normalized spacial score (nSPS) is 12.8. The third-order valence-electron chi connectivity index (χ3n) is 3.47. The first-order chi connectivity index (χ1) is 11.7. The predicted octanol–water partition coefficient (Wildman–Crippen LogP) is 1.74. The summed E-state index contributed by atoms with van der Waals surface area (Å²) in [5, 5.41) is 6.30. The molecule has 0 saturated heterocycles. The smallest absolute Gasteiger partial charge is 0.246 e. The number of aryl methyl sites for hydroxylation is 2. The fraction of sp³-hybridized carbons (Fsp3) is 0.375. The van der Waals surface area contributed by atoms with Crippen LogP contribution in [-0.4, -0.2) is 32.6 Å². The molecule has 1 aromatic carbocycles. The number of hydrogen-bond acceptors (Lipinski definition) is 6. The van der Waals surface area contributed by atoms with Crippen molar-refractivity contribution in [3.63, 3.8) is 0 Å². The van der Waals surface area contributed by atoms with Crippen LogP contribution in [-0.2, 0) is 26.2 Å². The molecule has 9 heteroatoms. The van der Waals surface area contributed by atoms with Crippen molar-refractivity contribution in [2.75, 3.05) is 12.4 Å². The summed E-state index contributed by atoms with van der Waals surface area (Å²) >= 11 is 0. The Bertz CT molecular complexity index is 841. The number of rotatable bonds is 7. The number of carbonyl (C=O) groups excluding carboxylic acids is 1. The Kier molecular flexibility index (Phi) is 5.93. The fourth-order valence-electron chi connectivity index (χ4n) is 2.36. The van der Waals surface area contributed by atoms with E-state index in [9.17, 15) is 13.2 Å². The number of anilines is 1. The van der Waals surface area contributed by atoms with Gasteiger partial charge in [0.2, 0.25) is 15.9 Å². The Morgan fingerprint density at radius 2 is 2.08 bits per heavy atom. The number of hydrogen-bond donors (Lipinski definition) is 2. The first-order valence-electron chi connectivity index (χ1n) is 7.58. The number of sulfonamides is 1. The van der Waals surface area contributed by atoms with Gasteiger partial charge in [0.15, 0.2) is 5.76 Å². The molecule has 0 bridgehead atoms. The Balaban J connectivity index is 2.09. The van der Waals surface area contributed by atoms with Gasteiger partial charge in [0.1, 0.15) is 10.6 Å². The number of ether oxygens (including phenoxy) is 1. The van der Waals surface area contributed by atoms with E-state index in [0.717, 1.165) is 5.56 Å². The quantitative estimate of drug-likeness (QED) is 0.771. The highest BCUT2D eigenvalue weighted by atomic mass is 32.2. The molecule has 136 valence electrons. The minimum atomic E-state index is -3.92. The lowest BCUT2D eigenvalue weighted by Crippen LogP contribution is -2.41. The number of methoxy groups -OCH3 is 1. The molecule has 0 aliphatic heterocycles.